The van der Waals surface area contributed by atoms with Crippen LogP contribution < -0.4 is 11.3 Å². The first-order valence-corrected chi connectivity index (χ1v) is 4.46. The number of allylic oxidation sites excluding steroid dienone is 2. The highest BCUT2D eigenvalue weighted by atomic mass is 15.2. The van der Waals surface area contributed by atoms with E-state index in [9.17, 15) is 0 Å². The first-order valence-electron chi connectivity index (χ1n) is 4.46. The molecule has 0 amide bonds. The number of hydrogen-bond donors (Lipinski definition) is 2. The molecule has 0 heterocycles. The Bertz CT molecular complexity index is 89.6. The third kappa shape index (κ3) is 9.66. The van der Waals surface area contributed by atoms with Crippen LogP contribution in [0, 0.1) is 0 Å². The molecule has 2 nitrogen and oxygen atoms in total. The maximum atomic E-state index is 5.13. The van der Waals surface area contributed by atoms with E-state index in [1.807, 2.05) is 0 Å². The smallest absolute Gasteiger partial charge is 0.00974 e. The number of hydrazine groups is 1. The van der Waals surface area contributed by atoms with Crippen molar-refractivity contribution in [2.75, 3.05) is 6.54 Å². The normalized spacial score (nSPS) is 11.1. The van der Waals surface area contributed by atoms with Crippen LogP contribution in [0.4, 0.5) is 0 Å². The first-order chi connectivity index (χ1) is 5.41. The van der Waals surface area contributed by atoms with Gasteiger partial charge in [-0.1, -0.05) is 25.0 Å². The number of nitrogens with two attached hydrogens (primary N) is 1. The second-order valence-corrected chi connectivity index (χ2v) is 2.73. The van der Waals surface area contributed by atoms with E-state index >= 15 is 0 Å². The number of hydrogen-bond acceptors (Lipinski definition) is 2. The van der Waals surface area contributed by atoms with Crippen LogP contribution in [0.25, 0.3) is 0 Å². The molecule has 0 saturated heterocycles. The maximum absolute atomic E-state index is 5.13. The van der Waals surface area contributed by atoms with E-state index in [1.165, 1.54) is 32.1 Å². The van der Waals surface area contributed by atoms with Crippen LogP contribution in [0.1, 0.15) is 39.0 Å². The minimum Gasteiger partial charge on any atom is -0.271 e. The number of unbranched alkanes of at least 4 members (excludes halogenated alkanes) is 4. The average Bonchev–Trinajstić information content (AvgIpc) is 2.03. The molecule has 0 radical (unpaired) electrons. The van der Waals surface area contributed by atoms with Gasteiger partial charge in [-0.15, -0.1) is 0 Å². The fourth-order valence-electron chi connectivity index (χ4n) is 1.01. The van der Waals surface area contributed by atoms with Gasteiger partial charge in [0, 0.05) is 6.54 Å². The lowest BCUT2D eigenvalue weighted by Gasteiger charge is -1.98. The predicted octanol–water partition coefficient (Wildman–Crippen LogP) is 1.98. The SMILES string of the molecule is C/C=C\CCCCCCNN. The van der Waals surface area contributed by atoms with Gasteiger partial charge in [-0.25, -0.2) is 0 Å². The molecule has 0 fully saturated rings. The van der Waals surface area contributed by atoms with Gasteiger partial charge in [-0.2, -0.15) is 0 Å². The Kier molecular flexibility index (Phi) is 9.36. The van der Waals surface area contributed by atoms with Crippen molar-refractivity contribution in [1.82, 2.24) is 5.43 Å². The van der Waals surface area contributed by atoms with E-state index in [0.717, 1.165) is 6.54 Å². The summed E-state index contributed by atoms with van der Waals surface area (Å²) in [5.41, 5.74) is 2.66. The third-order valence-electron chi connectivity index (χ3n) is 1.68. The topological polar surface area (TPSA) is 38.0 Å². The quantitative estimate of drug-likeness (QED) is 0.256. The zero-order valence-electron chi connectivity index (χ0n) is 7.47. The average molecular weight is 156 g/mol. The van der Waals surface area contributed by atoms with Gasteiger partial charge in [-0.3, -0.25) is 11.3 Å². The predicted molar refractivity (Wildman–Crippen MR) is 50.1 cm³/mol. The van der Waals surface area contributed by atoms with Gasteiger partial charge in [0.25, 0.3) is 0 Å². The van der Waals surface area contributed by atoms with Crippen LogP contribution in [0.5, 0.6) is 0 Å². The Hall–Kier alpha value is -0.340. The van der Waals surface area contributed by atoms with Crippen LogP contribution in [-0.4, -0.2) is 6.54 Å². The lowest BCUT2D eigenvalue weighted by Crippen LogP contribution is -2.22. The molecule has 66 valence electrons. The van der Waals surface area contributed by atoms with Gasteiger partial charge < -0.3 is 0 Å². The second-order valence-electron chi connectivity index (χ2n) is 2.73. The molecule has 0 aliphatic carbocycles. The van der Waals surface area contributed by atoms with Crippen LogP contribution in [0.15, 0.2) is 12.2 Å². The van der Waals surface area contributed by atoms with Gasteiger partial charge in [0.1, 0.15) is 0 Å². The Morgan fingerprint density at radius 2 is 1.91 bits per heavy atom. The summed E-state index contributed by atoms with van der Waals surface area (Å²) in [5, 5.41) is 0. The molecule has 0 bridgehead atoms. The molecule has 0 spiro atoms. The zero-order chi connectivity index (χ0) is 8.36. The second kappa shape index (κ2) is 9.66. The van der Waals surface area contributed by atoms with Crippen molar-refractivity contribution in [3.8, 4) is 0 Å². The fraction of sp³-hybridized carbons (Fsp3) is 0.778. The van der Waals surface area contributed by atoms with Crippen LogP contribution in [0.2, 0.25) is 0 Å². The van der Waals surface area contributed by atoms with E-state index in [0.29, 0.717) is 0 Å². The molecule has 0 aromatic rings. The number of rotatable bonds is 7. The van der Waals surface area contributed by atoms with Crippen molar-refractivity contribution in [3.63, 3.8) is 0 Å². The lowest BCUT2D eigenvalue weighted by molar-refractivity contribution is 0.603. The van der Waals surface area contributed by atoms with Crippen LogP contribution in [-0.2, 0) is 0 Å². The third-order valence-corrected chi connectivity index (χ3v) is 1.68. The van der Waals surface area contributed by atoms with Crippen LogP contribution >= 0.6 is 0 Å². The van der Waals surface area contributed by atoms with Crippen molar-refractivity contribution in [1.29, 1.82) is 0 Å². The Balaban J connectivity index is 2.79. The highest BCUT2D eigenvalue weighted by Crippen LogP contribution is 2.02. The molecule has 0 aliphatic rings. The molecule has 0 saturated carbocycles. The van der Waals surface area contributed by atoms with E-state index in [4.69, 9.17) is 5.84 Å². The van der Waals surface area contributed by atoms with Crippen molar-refractivity contribution in [3.05, 3.63) is 12.2 Å². The summed E-state index contributed by atoms with van der Waals surface area (Å²) in [6.07, 6.45) is 10.7. The molecule has 0 rings (SSSR count). The molecule has 11 heavy (non-hydrogen) atoms. The molecule has 0 unspecified atom stereocenters. The molecule has 0 aromatic heterocycles. The Labute approximate surface area is 69.8 Å². The highest BCUT2D eigenvalue weighted by Gasteiger charge is 1.86. The molecule has 2 heteroatoms. The monoisotopic (exact) mass is 156 g/mol. The van der Waals surface area contributed by atoms with E-state index in [-0.39, 0.29) is 0 Å². The first kappa shape index (κ1) is 10.7. The largest absolute Gasteiger partial charge is 0.271 e. The van der Waals surface area contributed by atoms with Crippen molar-refractivity contribution >= 4 is 0 Å². The van der Waals surface area contributed by atoms with Gasteiger partial charge in [-0.05, 0) is 26.2 Å². The van der Waals surface area contributed by atoms with Gasteiger partial charge in [0.2, 0.25) is 0 Å². The van der Waals surface area contributed by atoms with Gasteiger partial charge in [0.05, 0.1) is 0 Å². The lowest BCUT2D eigenvalue weighted by atomic mass is 10.1. The van der Waals surface area contributed by atoms with Gasteiger partial charge in [0.15, 0.2) is 0 Å². The van der Waals surface area contributed by atoms with E-state index in [2.05, 4.69) is 24.5 Å². The Morgan fingerprint density at radius 3 is 2.55 bits per heavy atom. The van der Waals surface area contributed by atoms with Crippen molar-refractivity contribution in [2.24, 2.45) is 5.84 Å². The summed E-state index contributed by atoms with van der Waals surface area (Å²) in [6.45, 7) is 3.02. The fourth-order valence-corrected chi connectivity index (χ4v) is 1.01. The molecule has 0 aromatic carbocycles. The minimum absolute atomic E-state index is 0.948. The van der Waals surface area contributed by atoms with Crippen LogP contribution in [0.3, 0.4) is 0 Å². The summed E-state index contributed by atoms with van der Waals surface area (Å²) < 4.78 is 0. The summed E-state index contributed by atoms with van der Waals surface area (Å²) in [4.78, 5) is 0. The molecular formula is C9H20N2. The van der Waals surface area contributed by atoms with Crippen molar-refractivity contribution in [2.45, 2.75) is 39.0 Å². The summed E-state index contributed by atoms with van der Waals surface area (Å²) >= 11 is 0. The molecule has 3 N–H and O–H groups in total. The standard InChI is InChI=1S/C9H20N2/c1-2-3-4-5-6-7-8-9-11-10/h2-3,11H,4-10H2,1H3/b3-2-. The van der Waals surface area contributed by atoms with E-state index in [1.54, 1.807) is 0 Å². The Morgan fingerprint density at radius 1 is 1.18 bits per heavy atom. The molecule has 0 atom stereocenters. The molecule has 0 aliphatic heterocycles. The highest BCUT2D eigenvalue weighted by molar-refractivity contribution is 4.76. The summed E-state index contributed by atoms with van der Waals surface area (Å²) in [7, 11) is 0. The summed E-state index contributed by atoms with van der Waals surface area (Å²) in [6, 6.07) is 0. The number of nitrogens with one attached hydrogen (secondary N) is 1. The molecular weight excluding hydrogens is 136 g/mol. The minimum atomic E-state index is 0.948. The van der Waals surface area contributed by atoms with E-state index < -0.39 is 0 Å². The van der Waals surface area contributed by atoms with Crippen molar-refractivity contribution < 1.29 is 0 Å². The summed E-state index contributed by atoms with van der Waals surface area (Å²) in [5.74, 6) is 5.13. The zero-order valence-corrected chi connectivity index (χ0v) is 7.47. The maximum Gasteiger partial charge on any atom is 0.00974 e. The van der Waals surface area contributed by atoms with Gasteiger partial charge >= 0.3 is 0 Å².